The highest BCUT2D eigenvalue weighted by molar-refractivity contribution is 6.18. The third kappa shape index (κ3) is 4.35. The predicted molar refractivity (Wildman–Crippen MR) is 67.9 cm³/mol. The van der Waals surface area contributed by atoms with Gasteiger partial charge in [-0.05, 0) is 12.8 Å². The van der Waals surface area contributed by atoms with Gasteiger partial charge in [0.05, 0.1) is 13.2 Å². The fourth-order valence-electron chi connectivity index (χ4n) is 1.40. The standard InChI is InChI=1S/C14H20O4/c1-3-5-7-17-13-9-12(16)14(10-11(13)15)18-8-6-4-2/h9-10H,3-8H2,1-2H3. The Morgan fingerprint density at radius 2 is 1.22 bits per heavy atom. The van der Waals surface area contributed by atoms with E-state index in [0.29, 0.717) is 13.2 Å². The molecule has 100 valence electrons. The zero-order chi connectivity index (χ0) is 13.4. The Hall–Kier alpha value is -1.58. The van der Waals surface area contributed by atoms with Crippen LogP contribution in [0, 0.1) is 0 Å². The molecular formula is C14H20O4. The molecule has 0 aromatic carbocycles. The normalized spacial score (nSPS) is 15.2. The van der Waals surface area contributed by atoms with Gasteiger partial charge in [0.15, 0.2) is 11.5 Å². The average molecular weight is 252 g/mol. The predicted octanol–water partition coefficient (Wildman–Crippen LogP) is 2.54. The van der Waals surface area contributed by atoms with E-state index in [4.69, 9.17) is 9.47 Å². The largest absolute Gasteiger partial charge is 0.489 e. The molecule has 4 nitrogen and oxygen atoms in total. The van der Waals surface area contributed by atoms with Gasteiger partial charge in [-0.3, -0.25) is 9.59 Å². The molecule has 4 heteroatoms. The molecule has 0 aromatic rings. The maximum atomic E-state index is 11.7. The van der Waals surface area contributed by atoms with Crippen LogP contribution in [0.3, 0.4) is 0 Å². The van der Waals surface area contributed by atoms with Gasteiger partial charge in [-0.1, -0.05) is 26.7 Å². The molecule has 0 aromatic heterocycles. The number of carbonyl (C=O) groups excluding carboxylic acids is 2. The monoisotopic (exact) mass is 252 g/mol. The highest BCUT2D eigenvalue weighted by Crippen LogP contribution is 2.14. The van der Waals surface area contributed by atoms with Gasteiger partial charge in [0.25, 0.3) is 0 Å². The number of rotatable bonds is 8. The Labute approximate surface area is 108 Å². The average Bonchev–Trinajstić information content (AvgIpc) is 2.35. The van der Waals surface area contributed by atoms with Gasteiger partial charge >= 0.3 is 0 Å². The zero-order valence-corrected chi connectivity index (χ0v) is 11.0. The highest BCUT2D eigenvalue weighted by Gasteiger charge is 2.22. The van der Waals surface area contributed by atoms with Crippen LogP contribution in [-0.4, -0.2) is 24.8 Å². The summed E-state index contributed by atoms with van der Waals surface area (Å²) in [4.78, 5) is 23.4. The maximum absolute atomic E-state index is 11.7. The van der Waals surface area contributed by atoms with Gasteiger partial charge in [0.2, 0.25) is 11.6 Å². The lowest BCUT2D eigenvalue weighted by Gasteiger charge is -2.13. The first kappa shape index (κ1) is 14.5. The first-order valence-corrected chi connectivity index (χ1v) is 6.46. The van der Waals surface area contributed by atoms with E-state index in [1.165, 1.54) is 12.2 Å². The molecule has 1 aliphatic rings. The van der Waals surface area contributed by atoms with Gasteiger partial charge in [0.1, 0.15) is 0 Å². The SMILES string of the molecule is CCCCOC1=CC(=O)C(OCCCC)=CC1=O. The second-order valence-corrected chi connectivity index (χ2v) is 4.15. The molecule has 1 rings (SSSR count). The summed E-state index contributed by atoms with van der Waals surface area (Å²) < 4.78 is 10.5. The van der Waals surface area contributed by atoms with Crippen LogP contribution in [0.2, 0.25) is 0 Å². The van der Waals surface area contributed by atoms with Gasteiger partial charge in [-0.2, -0.15) is 0 Å². The van der Waals surface area contributed by atoms with Gasteiger partial charge in [-0.25, -0.2) is 0 Å². The van der Waals surface area contributed by atoms with Crippen LogP contribution in [0.1, 0.15) is 39.5 Å². The third-order valence-corrected chi connectivity index (χ3v) is 2.52. The summed E-state index contributed by atoms with van der Waals surface area (Å²) in [6, 6.07) is 0. The molecule has 0 unspecified atom stereocenters. The summed E-state index contributed by atoms with van der Waals surface area (Å²) in [5.41, 5.74) is 0. The van der Waals surface area contributed by atoms with E-state index in [1.54, 1.807) is 0 Å². The number of unbranched alkanes of at least 4 members (excludes halogenated alkanes) is 2. The van der Waals surface area contributed by atoms with Crippen molar-refractivity contribution >= 4 is 11.6 Å². The molecule has 0 heterocycles. The summed E-state index contributed by atoms with van der Waals surface area (Å²) in [5, 5.41) is 0. The second-order valence-electron chi connectivity index (χ2n) is 4.15. The number of ether oxygens (including phenoxy) is 2. The van der Waals surface area contributed by atoms with Crippen molar-refractivity contribution in [3.8, 4) is 0 Å². The van der Waals surface area contributed by atoms with E-state index in [9.17, 15) is 9.59 Å². The lowest BCUT2D eigenvalue weighted by atomic mass is 10.1. The molecule has 0 atom stereocenters. The van der Waals surface area contributed by atoms with Crippen molar-refractivity contribution in [2.24, 2.45) is 0 Å². The molecule has 0 radical (unpaired) electrons. The van der Waals surface area contributed by atoms with Crippen molar-refractivity contribution in [3.05, 3.63) is 23.7 Å². The Morgan fingerprint density at radius 1 is 0.833 bits per heavy atom. The second kappa shape index (κ2) is 7.69. The molecule has 0 amide bonds. The fourth-order valence-corrected chi connectivity index (χ4v) is 1.40. The zero-order valence-electron chi connectivity index (χ0n) is 11.0. The van der Waals surface area contributed by atoms with Crippen molar-refractivity contribution in [1.82, 2.24) is 0 Å². The Balaban J connectivity index is 2.51. The van der Waals surface area contributed by atoms with Crippen LogP contribution in [-0.2, 0) is 19.1 Å². The highest BCUT2D eigenvalue weighted by atomic mass is 16.5. The summed E-state index contributed by atoms with van der Waals surface area (Å²) in [5.74, 6) is -0.345. The fraction of sp³-hybridized carbons (Fsp3) is 0.571. The van der Waals surface area contributed by atoms with Crippen LogP contribution >= 0.6 is 0 Å². The number of ketones is 2. The molecule has 1 aliphatic carbocycles. The Kier molecular flexibility index (Phi) is 6.19. The smallest absolute Gasteiger partial charge is 0.224 e. The molecule has 0 saturated heterocycles. The third-order valence-electron chi connectivity index (χ3n) is 2.52. The lowest BCUT2D eigenvalue weighted by Crippen LogP contribution is -2.17. The van der Waals surface area contributed by atoms with Crippen LogP contribution in [0.4, 0.5) is 0 Å². The minimum atomic E-state index is -0.294. The van der Waals surface area contributed by atoms with Crippen LogP contribution in [0.5, 0.6) is 0 Å². The van der Waals surface area contributed by atoms with E-state index >= 15 is 0 Å². The van der Waals surface area contributed by atoms with Gasteiger partial charge in [0, 0.05) is 12.2 Å². The van der Waals surface area contributed by atoms with Crippen LogP contribution in [0.25, 0.3) is 0 Å². The maximum Gasteiger partial charge on any atom is 0.224 e. The number of carbonyl (C=O) groups is 2. The first-order chi connectivity index (χ1) is 8.69. The topological polar surface area (TPSA) is 52.6 Å². The van der Waals surface area contributed by atoms with Crippen molar-refractivity contribution < 1.29 is 19.1 Å². The van der Waals surface area contributed by atoms with Crippen molar-refractivity contribution in [1.29, 1.82) is 0 Å². The van der Waals surface area contributed by atoms with E-state index < -0.39 is 0 Å². The van der Waals surface area contributed by atoms with E-state index in [1.807, 2.05) is 13.8 Å². The van der Waals surface area contributed by atoms with Crippen molar-refractivity contribution in [3.63, 3.8) is 0 Å². The van der Waals surface area contributed by atoms with Gasteiger partial charge in [-0.15, -0.1) is 0 Å². The van der Waals surface area contributed by atoms with E-state index in [0.717, 1.165) is 25.7 Å². The minimum Gasteiger partial charge on any atom is -0.489 e. The summed E-state index contributed by atoms with van der Waals surface area (Å²) in [6.07, 6.45) is 6.14. The molecule has 0 bridgehead atoms. The quantitative estimate of drug-likeness (QED) is 0.492. The minimum absolute atomic E-state index is 0.122. The molecular weight excluding hydrogens is 232 g/mol. The van der Waals surface area contributed by atoms with E-state index in [-0.39, 0.29) is 23.1 Å². The van der Waals surface area contributed by atoms with Crippen LogP contribution in [0.15, 0.2) is 23.7 Å². The summed E-state index contributed by atoms with van der Waals surface area (Å²) >= 11 is 0. The number of hydrogen-bond acceptors (Lipinski definition) is 4. The number of hydrogen-bond donors (Lipinski definition) is 0. The van der Waals surface area contributed by atoms with Crippen molar-refractivity contribution in [2.45, 2.75) is 39.5 Å². The summed E-state index contributed by atoms with van der Waals surface area (Å²) in [6.45, 7) is 4.98. The molecule has 0 saturated carbocycles. The van der Waals surface area contributed by atoms with Crippen LogP contribution < -0.4 is 0 Å². The first-order valence-electron chi connectivity index (χ1n) is 6.46. The Bertz CT molecular complexity index is 330. The lowest BCUT2D eigenvalue weighted by molar-refractivity contribution is -0.119. The molecule has 0 spiro atoms. The molecule has 18 heavy (non-hydrogen) atoms. The van der Waals surface area contributed by atoms with Crippen molar-refractivity contribution in [2.75, 3.05) is 13.2 Å². The molecule has 0 N–H and O–H groups in total. The van der Waals surface area contributed by atoms with E-state index in [2.05, 4.69) is 0 Å². The summed E-state index contributed by atoms with van der Waals surface area (Å²) in [7, 11) is 0. The molecule has 0 fully saturated rings. The Morgan fingerprint density at radius 3 is 1.56 bits per heavy atom. The van der Waals surface area contributed by atoms with Gasteiger partial charge < -0.3 is 9.47 Å². The molecule has 0 aliphatic heterocycles. The number of allylic oxidation sites excluding steroid dienone is 2.